The molecule has 82 heavy (non-hydrogen) atoms. The Morgan fingerprint density at radius 1 is 0.878 bits per heavy atom. The molecule has 418 valence electrons. The van der Waals surface area contributed by atoms with Gasteiger partial charge < -0.3 is 49.3 Å². The van der Waals surface area contributed by atoms with Crippen LogP contribution in [-0.4, -0.2) is 68.7 Å². The van der Waals surface area contributed by atoms with E-state index in [2.05, 4.69) is 82.8 Å². The summed E-state index contributed by atoms with van der Waals surface area (Å²) in [7, 11) is 1.48. The first-order valence-corrected chi connectivity index (χ1v) is 28.2. The lowest BCUT2D eigenvalue weighted by Crippen LogP contribution is -2.36. The van der Waals surface area contributed by atoms with Gasteiger partial charge in [0.1, 0.15) is 40.7 Å². The largest absolute Gasteiger partial charge is 0.508 e. The van der Waals surface area contributed by atoms with E-state index < -0.39 is 23.5 Å². The molecule has 11 rings (SSSR count). The molecule has 0 radical (unpaired) electrons. The van der Waals surface area contributed by atoms with Crippen LogP contribution in [0.1, 0.15) is 111 Å². The van der Waals surface area contributed by atoms with E-state index in [9.17, 15) is 24.9 Å². The molecule has 5 aromatic carbocycles. The Bertz CT molecular complexity index is 3780. The van der Waals surface area contributed by atoms with Crippen molar-refractivity contribution in [1.29, 1.82) is 0 Å². The molecular weight excluding hydrogens is 1030 g/mol. The van der Waals surface area contributed by atoms with Gasteiger partial charge in [-0.1, -0.05) is 103 Å². The number of methoxy groups -OCH3 is 1. The van der Waals surface area contributed by atoms with Gasteiger partial charge in [0, 0.05) is 98.7 Å². The number of hydrogen-bond acceptors (Lipinski definition) is 11. The van der Waals surface area contributed by atoms with Crippen molar-refractivity contribution in [1.82, 2.24) is 14.9 Å². The van der Waals surface area contributed by atoms with Gasteiger partial charge in [0.15, 0.2) is 11.5 Å². The number of phenolic OH excluding ortho intramolecular Hbond substituents is 3. The first kappa shape index (κ1) is 54.8. The number of ether oxygens (including phenoxy) is 3. The van der Waals surface area contributed by atoms with Gasteiger partial charge in [0.05, 0.1) is 24.8 Å². The van der Waals surface area contributed by atoms with Gasteiger partial charge in [0.25, 0.3) is 0 Å². The number of aromatic hydroxyl groups is 3. The number of carbonyl (C=O) groups is 3. The molecular formula is C69H68N4O9. The highest BCUT2D eigenvalue weighted by atomic mass is 16.5. The maximum absolute atomic E-state index is 15.1. The number of fused-ring (bicyclic) bond motifs is 2. The Kier molecular flexibility index (Phi) is 15.7. The summed E-state index contributed by atoms with van der Waals surface area (Å²) in [6.45, 7) is 6.02. The third-order valence-electron chi connectivity index (χ3n) is 16.8. The van der Waals surface area contributed by atoms with E-state index in [4.69, 9.17) is 14.2 Å². The molecule has 6 unspecified atom stereocenters. The van der Waals surface area contributed by atoms with Crippen LogP contribution in [0.2, 0.25) is 0 Å². The fourth-order valence-corrected chi connectivity index (χ4v) is 12.8. The van der Waals surface area contributed by atoms with Gasteiger partial charge >= 0.3 is 5.97 Å². The number of nitrogens with zero attached hydrogens (tertiary/aromatic N) is 2. The molecule has 4 heterocycles. The number of hydrogen-bond donors (Lipinski definition) is 5. The minimum Gasteiger partial charge on any atom is -0.508 e. The highest BCUT2D eigenvalue weighted by Crippen LogP contribution is 2.52. The maximum Gasteiger partial charge on any atom is 0.302 e. The number of aromatic nitrogens is 2. The van der Waals surface area contributed by atoms with Crippen molar-refractivity contribution in [2.75, 3.05) is 25.1 Å². The van der Waals surface area contributed by atoms with Crippen molar-refractivity contribution in [3.05, 3.63) is 209 Å². The third kappa shape index (κ3) is 11.6. The fourth-order valence-electron chi connectivity index (χ4n) is 12.8. The van der Waals surface area contributed by atoms with Crippen molar-refractivity contribution in [3.8, 4) is 46.3 Å². The summed E-state index contributed by atoms with van der Waals surface area (Å²) in [5.74, 6) is 7.39. The summed E-state index contributed by atoms with van der Waals surface area (Å²) in [6, 6.07) is 30.9. The standard InChI is InChI=1S/C69H68N4O9/c1-43-12-8-17-53-18-11-20-59-60-40-70-39-52(60)38-69(43,53)25-22-57(81-45(3)75)35-56(78)37-63(51-32-64(79)68(65(33-51)80-4)82-58-30-47(29-55(77)36-58)28-46-13-6-5-7-14-46)72-41-50-16-10-21-62(61(50)42-72)73(27-24-44(2)74)66-34-49(23-26-71-66)67(59)48-15-9-19-54(76)31-48/h5-10,12-17,19,21,23,29-34,36,39-43,57,59,63,67,70-71,76-77,79H,18,22,24-28,35,37-38H2,1-4H3. The van der Waals surface area contributed by atoms with Crippen molar-refractivity contribution in [2.45, 2.75) is 96.1 Å². The molecule has 2 aliphatic carbocycles. The van der Waals surface area contributed by atoms with E-state index in [0.29, 0.717) is 50.8 Å². The normalized spacial score (nSPS) is 21.7. The first-order chi connectivity index (χ1) is 39.7. The summed E-state index contributed by atoms with van der Waals surface area (Å²) in [5.41, 5.74) is 7.98. The predicted molar refractivity (Wildman–Crippen MR) is 317 cm³/mol. The highest BCUT2D eigenvalue weighted by Gasteiger charge is 2.43. The zero-order valence-corrected chi connectivity index (χ0v) is 46.7. The van der Waals surface area contributed by atoms with E-state index >= 15 is 4.79 Å². The van der Waals surface area contributed by atoms with Crippen molar-refractivity contribution in [2.24, 2.45) is 11.3 Å². The van der Waals surface area contributed by atoms with Gasteiger partial charge in [-0.15, -0.1) is 0 Å². The van der Waals surface area contributed by atoms with Gasteiger partial charge in [-0.05, 0) is 126 Å². The highest BCUT2D eigenvalue weighted by molar-refractivity contribution is 5.95. The van der Waals surface area contributed by atoms with Gasteiger partial charge in [-0.25, -0.2) is 0 Å². The summed E-state index contributed by atoms with van der Waals surface area (Å²) < 4.78 is 20.4. The second-order valence-electron chi connectivity index (χ2n) is 22.3. The smallest absolute Gasteiger partial charge is 0.302 e. The molecule has 4 aliphatic rings. The van der Waals surface area contributed by atoms with E-state index in [1.807, 2.05) is 83.7 Å². The molecule has 0 fully saturated rings. The topological polar surface area (TPSA) is 176 Å². The number of ketones is 2. The number of carbonyl (C=O) groups excluding carboxylic acids is 3. The number of phenols is 3. The van der Waals surface area contributed by atoms with E-state index in [-0.39, 0.29) is 83.1 Å². The lowest BCUT2D eigenvalue weighted by atomic mass is 9.61. The lowest BCUT2D eigenvalue weighted by Gasteiger charge is -2.43. The Labute approximate surface area is 478 Å². The molecule has 0 saturated carbocycles. The number of esters is 1. The molecule has 2 aromatic heterocycles. The van der Waals surface area contributed by atoms with Crippen LogP contribution in [0.5, 0.6) is 34.5 Å². The van der Waals surface area contributed by atoms with Gasteiger partial charge in [-0.2, -0.15) is 0 Å². The Balaban J connectivity index is 1.06. The quantitative estimate of drug-likeness (QED) is 0.0616. The summed E-state index contributed by atoms with van der Waals surface area (Å²) in [4.78, 5) is 46.8. The molecule has 6 atom stereocenters. The third-order valence-corrected chi connectivity index (χ3v) is 16.8. The number of allylic oxidation sites excluding steroid dienone is 6. The molecule has 13 heteroatoms. The number of aromatic amines is 1. The Morgan fingerprint density at radius 3 is 2.52 bits per heavy atom. The summed E-state index contributed by atoms with van der Waals surface area (Å²) >= 11 is 0. The van der Waals surface area contributed by atoms with E-state index in [1.165, 1.54) is 25.7 Å². The molecule has 1 spiro atoms. The fraction of sp³-hybridized carbons (Fsp3) is 0.290. The number of rotatable bonds is 11. The van der Waals surface area contributed by atoms with Crippen LogP contribution in [0.25, 0.3) is 10.8 Å². The van der Waals surface area contributed by atoms with Gasteiger partial charge in [0.2, 0.25) is 5.75 Å². The maximum atomic E-state index is 15.1. The number of anilines is 1. The first-order valence-electron chi connectivity index (χ1n) is 28.2. The molecule has 13 nitrogen and oxygen atoms in total. The average Bonchev–Trinajstić information content (AvgIpc) is 4.25. The minimum absolute atomic E-state index is 0.00386. The number of benzene rings is 5. The van der Waals surface area contributed by atoms with Crippen LogP contribution in [-0.2, 0) is 32.0 Å². The van der Waals surface area contributed by atoms with Crippen molar-refractivity contribution >= 4 is 34.0 Å². The number of Topliss-reactive ketones (excluding diaryl/α,β-unsaturated/α-hetero) is 2. The summed E-state index contributed by atoms with van der Waals surface area (Å²) in [6.07, 6.45) is 21.0. The zero-order chi connectivity index (χ0) is 57.1. The van der Waals surface area contributed by atoms with E-state index in [0.717, 1.165) is 55.7 Å². The minimum atomic E-state index is -0.759. The van der Waals surface area contributed by atoms with Gasteiger partial charge in [-0.3, -0.25) is 14.4 Å². The van der Waals surface area contributed by atoms with E-state index in [1.54, 1.807) is 31.2 Å². The molecule has 5 N–H and O–H groups in total. The Hall–Kier alpha value is -9.15. The monoisotopic (exact) mass is 1100 g/mol. The molecule has 6 bridgehead atoms. The van der Waals surface area contributed by atoms with Crippen LogP contribution in [0.4, 0.5) is 5.69 Å². The second kappa shape index (κ2) is 23.5. The summed E-state index contributed by atoms with van der Waals surface area (Å²) in [5, 5.41) is 39.4. The van der Waals surface area contributed by atoms with Crippen LogP contribution < -0.4 is 19.7 Å². The molecule has 2 aliphatic heterocycles. The number of H-pyrrole nitrogens is 1. The van der Waals surface area contributed by atoms with Crippen LogP contribution >= 0.6 is 0 Å². The zero-order valence-electron chi connectivity index (χ0n) is 46.7. The molecule has 7 aromatic rings. The number of dihydropyridines is 1. The lowest BCUT2D eigenvalue weighted by molar-refractivity contribution is -0.148. The van der Waals surface area contributed by atoms with Crippen LogP contribution in [0.3, 0.4) is 0 Å². The van der Waals surface area contributed by atoms with Crippen LogP contribution in [0, 0.1) is 23.2 Å². The second-order valence-corrected chi connectivity index (χ2v) is 22.3. The molecule has 0 saturated heterocycles. The van der Waals surface area contributed by atoms with Crippen molar-refractivity contribution in [3.63, 3.8) is 0 Å². The molecule has 0 amide bonds. The number of nitrogens with one attached hydrogen (secondary N) is 2. The predicted octanol–water partition coefficient (Wildman–Crippen LogP) is 12.9. The SMILES string of the molecule is COc1cc(C2CC(=O)CC(OC(C)=O)CCC34Cc5c[nH]cc5C(C#CCC3=CC=CC4C)C(c3cccc(O)c3)C3=CCNC(=C3)N(CCC(C)=O)c3cccc4cn2cc34)cc(O)c1Oc1cc(O)cc(Cc2ccccc2)c1. The van der Waals surface area contributed by atoms with Crippen LogP contribution in [0.15, 0.2) is 175 Å². The van der Waals surface area contributed by atoms with Crippen molar-refractivity contribution < 1.29 is 43.9 Å². The Morgan fingerprint density at radius 2 is 1.72 bits per heavy atom. The average molecular weight is 1100 g/mol.